The second-order valence-electron chi connectivity index (χ2n) is 7.54. The highest BCUT2D eigenvalue weighted by Gasteiger charge is 2.22. The van der Waals surface area contributed by atoms with Crippen LogP contribution in [0.5, 0.6) is 0 Å². The Morgan fingerprint density at radius 3 is 2.69 bits per heavy atom. The summed E-state index contributed by atoms with van der Waals surface area (Å²) in [7, 11) is 1.86. The van der Waals surface area contributed by atoms with Crippen molar-refractivity contribution < 1.29 is 9.18 Å². The topological polar surface area (TPSA) is 50.2 Å². The van der Waals surface area contributed by atoms with Gasteiger partial charge in [-0.1, -0.05) is 24.3 Å². The molecule has 5 nitrogen and oxygen atoms in total. The second kappa shape index (κ2) is 8.57. The molecule has 6 heteroatoms. The molecule has 1 fully saturated rings. The summed E-state index contributed by atoms with van der Waals surface area (Å²) in [5, 5.41) is 3.04. The third-order valence-corrected chi connectivity index (χ3v) is 5.37. The van der Waals surface area contributed by atoms with E-state index in [0.717, 1.165) is 25.2 Å². The first-order valence-corrected chi connectivity index (χ1v) is 9.95. The predicted molar refractivity (Wildman–Crippen MR) is 110 cm³/mol. The van der Waals surface area contributed by atoms with Crippen molar-refractivity contribution in [2.75, 3.05) is 13.1 Å². The number of halogens is 1. The van der Waals surface area contributed by atoms with Gasteiger partial charge in [-0.2, -0.15) is 0 Å². The van der Waals surface area contributed by atoms with Crippen molar-refractivity contribution in [3.63, 3.8) is 0 Å². The molecule has 0 saturated carbocycles. The summed E-state index contributed by atoms with van der Waals surface area (Å²) < 4.78 is 15.7. The molecule has 2 aromatic carbocycles. The molecule has 3 aromatic rings. The van der Waals surface area contributed by atoms with E-state index in [-0.39, 0.29) is 11.7 Å². The van der Waals surface area contributed by atoms with Gasteiger partial charge in [-0.15, -0.1) is 0 Å². The lowest BCUT2D eigenvalue weighted by atomic mass is 10.0. The number of likely N-dealkylation sites (tertiary alicyclic amines) is 1. The Bertz CT molecular complexity index is 994. The number of rotatable bonds is 6. The molecule has 1 atom stereocenters. The van der Waals surface area contributed by atoms with Crippen LogP contribution in [0.2, 0.25) is 0 Å². The number of carbonyl (C=O) groups excluding carboxylic acids is 1. The van der Waals surface area contributed by atoms with Crippen molar-refractivity contribution in [1.29, 1.82) is 0 Å². The van der Waals surface area contributed by atoms with E-state index in [4.69, 9.17) is 0 Å². The molecule has 1 amide bonds. The van der Waals surface area contributed by atoms with E-state index in [9.17, 15) is 9.18 Å². The number of aryl methyl sites for hydroxylation is 1. The molecule has 1 saturated heterocycles. The molecular formula is C23H25FN4O. The van der Waals surface area contributed by atoms with Gasteiger partial charge in [-0.25, -0.2) is 9.37 Å². The Balaban J connectivity index is 1.57. The number of amides is 1. The fourth-order valence-electron chi connectivity index (χ4n) is 3.86. The van der Waals surface area contributed by atoms with Crippen LogP contribution in [0.1, 0.15) is 46.2 Å². The molecule has 0 aliphatic carbocycles. The van der Waals surface area contributed by atoms with Gasteiger partial charge in [0.1, 0.15) is 17.7 Å². The summed E-state index contributed by atoms with van der Waals surface area (Å²) in [4.78, 5) is 19.8. The number of hydrogen-bond acceptors (Lipinski definition) is 3. The number of aromatic nitrogens is 2. The minimum absolute atomic E-state index is 0.203. The van der Waals surface area contributed by atoms with E-state index in [0.29, 0.717) is 17.0 Å². The molecule has 1 N–H and O–H groups in total. The highest BCUT2D eigenvalue weighted by molar-refractivity contribution is 5.94. The van der Waals surface area contributed by atoms with Gasteiger partial charge < -0.3 is 9.88 Å². The Morgan fingerprint density at radius 1 is 1.17 bits per heavy atom. The number of hydrogen-bond donors (Lipinski definition) is 1. The van der Waals surface area contributed by atoms with Gasteiger partial charge in [0.25, 0.3) is 5.91 Å². The Morgan fingerprint density at radius 2 is 1.97 bits per heavy atom. The summed E-state index contributed by atoms with van der Waals surface area (Å²) in [5.41, 5.74) is 2.37. The largest absolute Gasteiger partial charge is 0.338 e. The maximum absolute atomic E-state index is 13.8. The molecular weight excluding hydrogens is 367 g/mol. The minimum Gasteiger partial charge on any atom is -0.338 e. The molecule has 0 bridgehead atoms. The fourth-order valence-corrected chi connectivity index (χ4v) is 3.86. The van der Waals surface area contributed by atoms with Gasteiger partial charge in [0.15, 0.2) is 0 Å². The first-order chi connectivity index (χ1) is 14.1. The van der Waals surface area contributed by atoms with Gasteiger partial charge in [-0.3, -0.25) is 9.69 Å². The normalized spacial score (nSPS) is 15.4. The highest BCUT2D eigenvalue weighted by Crippen LogP contribution is 2.22. The summed E-state index contributed by atoms with van der Waals surface area (Å²) in [6.45, 7) is 3.07. The zero-order chi connectivity index (χ0) is 20.2. The molecule has 1 unspecified atom stereocenters. The number of benzene rings is 2. The van der Waals surface area contributed by atoms with Crippen molar-refractivity contribution >= 4 is 5.91 Å². The number of nitrogens with one attached hydrogen (secondary N) is 1. The lowest BCUT2D eigenvalue weighted by Gasteiger charge is -2.20. The number of imidazole rings is 1. The fraction of sp³-hybridized carbons (Fsp3) is 0.304. The first-order valence-electron chi connectivity index (χ1n) is 9.95. The minimum atomic E-state index is -0.541. The third kappa shape index (κ3) is 4.54. The van der Waals surface area contributed by atoms with Crippen molar-refractivity contribution in [3.8, 4) is 0 Å². The van der Waals surface area contributed by atoms with Crippen LogP contribution < -0.4 is 5.32 Å². The van der Waals surface area contributed by atoms with Crippen LogP contribution in [-0.2, 0) is 13.6 Å². The molecule has 1 aliphatic heterocycles. The van der Waals surface area contributed by atoms with E-state index < -0.39 is 6.04 Å². The summed E-state index contributed by atoms with van der Waals surface area (Å²) in [5.74, 6) is 0.103. The van der Waals surface area contributed by atoms with Crippen LogP contribution in [-0.4, -0.2) is 33.4 Å². The lowest BCUT2D eigenvalue weighted by Crippen LogP contribution is -2.31. The van der Waals surface area contributed by atoms with E-state index in [1.54, 1.807) is 18.3 Å². The van der Waals surface area contributed by atoms with Crippen LogP contribution in [0, 0.1) is 5.82 Å². The van der Waals surface area contributed by atoms with Gasteiger partial charge in [-0.05, 0) is 61.3 Å². The molecule has 4 rings (SSSR count). The zero-order valence-corrected chi connectivity index (χ0v) is 16.5. The molecule has 0 spiro atoms. The van der Waals surface area contributed by atoms with Crippen molar-refractivity contribution in [1.82, 2.24) is 19.8 Å². The molecule has 2 heterocycles. The third-order valence-electron chi connectivity index (χ3n) is 5.37. The van der Waals surface area contributed by atoms with Crippen LogP contribution in [0.4, 0.5) is 4.39 Å². The van der Waals surface area contributed by atoms with E-state index in [2.05, 4.69) is 21.3 Å². The molecule has 29 heavy (non-hydrogen) atoms. The Hall–Kier alpha value is -2.99. The van der Waals surface area contributed by atoms with Crippen LogP contribution >= 0.6 is 0 Å². The smallest absolute Gasteiger partial charge is 0.252 e. The van der Waals surface area contributed by atoms with E-state index >= 15 is 0 Å². The van der Waals surface area contributed by atoms with Crippen molar-refractivity contribution in [2.45, 2.75) is 25.4 Å². The number of carbonyl (C=O) groups is 1. The molecule has 0 radical (unpaired) electrons. The first kappa shape index (κ1) is 19.3. The predicted octanol–water partition coefficient (Wildman–Crippen LogP) is 3.67. The van der Waals surface area contributed by atoms with Crippen LogP contribution in [0.15, 0.2) is 60.9 Å². The molecule has 150 valence electrons. The monoisotopic (exact) mass is 392 g/mol. The maximum atomic E-state index is 13.8. The summed E-state index contributed by atoms with van der Waals surface area (Å²) in [6, 6.07) is 13.4. The van der Waals surface area contributed by atoms with Crippen LogP contribution in [0.3, 0.4) is 0 Å². The Kier molecular flexibility index (Phi) is 5.71. The van der Waals surface area contributed by atoms with Crippen molar-refractivity contribution in [2.24, 2.45) is 7.05 Å². The van der Waals surface area contributed by atoms with Gasteiger partial charge in [0, 0.05) is 31.5 Å². The van der Waals surface area contributed by atoms with Gasteiger partial charge in [0.05, 0.1) is 0 Å². The summed E-state index contributed by atoms with van der Waals surface area (Å²) in [6.07, 6.45) is 5.95. The van der Waals surface area contributed by atoms with Crippen LogP contribution in [0.25, 0.3) is 0 Å². The molecule has 1 aromatic heterocycles. The van der Waals surface area contributed by atoms with Gasteiger partial charge in [0.2, 0.25) is 0 Å². The standard InChI is InChI=1S/C23H25FN4O/c1-27-13-10-25-22(27)21(18-7-5-9-20(24)15-18)26-23(29)19-8-4-6-17(14-19)16-28-11-2-3-12-28/h4-10,13-15,21H,2-3,11-12,16H2,1H3,(H,26,29). The quantitative estimate of drug-likeness (QED) is 0.696. The SMILES string of the molecule is Cn1ccnc1C(NC(=O)c1cccc(CN2CCCC2)c1)c1cccc(F)c1. The van der Waals surface area contributed by atoms with E-state index in [1.165, 1.54) is 25.0 Å². The van der Waals surface area contributed by atoms with Crippen molar-refractivity contribution in [3.05, 3.63) is 89.3 Å². The molecule has 1 aliphatic rings. The lowest BCUT2D eigenvalue weighted by molar-refractivity contribution is 0.0941. The average Bonchev–Trinajstić information content (AvgIpc) is 3.38. The highest BCUT2D eigenvalue weighted by atomic mass is 19.1. The number of nitrogens with zero attached hydrogens (tertiary/aromatic N) is 3. The van der Waals surface area contributed by atoms with Gasteiger partial charge >= 0.3 is 0 Å². The second-order valence-corrected chi connectivity index (χ2v) is 7.54. The Labute approximate surface area is 170 Å². The van der Waals surface area contributed by atoms with E-state index in [1.807, 2.05) is 36.0 Å². The maximum Gasteiger partial charge on any atom is 0.252 e. The average molecular weight is 392 g/mol. The zero-order valence-electron chi connectivity index (χ0n) is 16.5. The summed E-state index contributed by atoms with van der Waals surface area (Å²) >= 11 is 0.